The number of hydrogen-bond acceptors (Lipinski definition) is 5. The average Bonchev–Trinajstić information content (AvgIpc) is 2.50. The fraction of sp³-hybridized carbons (Fsp3) is 0.571. The summed E-state index contributed by atoms with van der Waals surface area (Å²) in [5, 5.41) is 9.67. The Morgan fingerprint density at radius 3 is 3.00 bits per heavy atom. The zero-order chi connectivity index (χ0) is 14.5. The summed E-state index contributed by atoms with van der Waals surface area (Å²) in [5.74, 6) is 1.79. The van der Waals surface area contributed by atoms with Crippen molar-refractivity contribution in [2.75, 3.05) is 18.9 Å². The highest BCUT2D eigenvalue weighted by atomic mass is 32.2. The zero-order valence-electron chi connectivity index (χ0n) is 11.6. The highest BCUT2D eigenvalue weighted by molar-refractivity contribution is 7.91. The molecule has 0 amide bonds. The Balaban J connectivity index is 2.06. The smallest absolute Gasteiger partial charge is 0.166 e. The molecule has 0 aromatic heterocycles. The molecule has 0 fully saturated rings. The van der Waals surface area contributed by atoms with Crippen LogP contribution in [-0.2, 0) is 11.2 Å². The number of unbranched alkanes of at least 4 members (excludes halogenated alkanes) is 1. The van der Waals surface area contributed by atoms with Crippen LogP contribution in [0.25, 0.3) is 0 Å². The molecule has 0 spiro atoms. The first-order valence-corrected chi connectivity index (χ1v) is 8.17. The predicted octanol–water partition coefficient (Wildman–Crippen LogP) is 1.05. The summed E-state index contributed by atoms with van der Waals surface area (Å²) in [6.07, 6.45) is 0.756. The van der Waals surface area contributed by atoms with Crippen LogP contribution in [0.5, 0.6) is 11.5 Å². The second-order valence-electron chi connectivity index (χ2n) is 4.78. The van der Waals surface area contributed by atoms with Crippen LogP contribution in [0.1, 0.15) is 19.8 Å². The van der Waals surface area contributed by atoms with E-state index in [2.05, 4.69) is 6.92 Å². The van der Waals surface area contributed by atoms with Crippen molar-refractivity contribution < 1.29 is 19.1 Å². The number of aliphatic hydroxyl groups excluding tert-OH is 1. The number of benzene rings is 1. The summed E-state index contributed by atoms with van der Waals surface area (Å²) < 4.78 is 23.3. The molecule has 0 aliphatic carbocycles. The van der Waals surface area contributed by atoms with Gasteiger partial charge in [0, 0.05) is 12.6 Å². The summed E-state index contributed by atoms with van der Waals surface area (Å²) in [6.45, 7) is 2.45. The van der Waals surface area contributed by atoms with Crippen molar-refractivity contribution in [3.63, 3.8) is 0 Å². The van der Waals surface area contributed by atoms with E-state index in [1.165, 1.54) is 0 Å². The van der Waals surface area contributed by atoms with E-state index >= 15 is 0 Å². The van der Waals surface area contributed by atoms with Gasteiger partial charge in [0.05, 0.1) is 0 Å². The fourth-order valence-corrected chi connectivity index (χ4v) is 3.19. The standard InChI is InChI=1S/C14H21NO4S/c1-2-3-6-20(17)10-4-5-12-13(7-10)18-9-14(19-12)11(16)8-15/h4-5,7,11,14,16H,2-3,6,8-9,15H2,1H3. The molecule has 112 valence electrons. The minimum absolute atomic E-state index is 0.127. The van der Waals surface area contributed by atoms with Crippen molar-refractivity contribution in [1.82, 2.24) is 0 Å². The molecule has 1 aliphatic rings. The largest absolute Gasteiger partial charge is 0.611 e. The first kappa shape index (κ1) is 15.4. The fourth-order valence-electron chi connectivity index (χ4n) is 1.94. The predicted molar refractivity (Wildman–Crippen MR) is 77.6 cm³/mol. The van der Waals surface area contributed by atoms with E-state index in [4.69, 9.17) is 15.2 Å². The average molecular weight is 299 g/mol. The molecular formula is C14H21NO4S. The van der Waals surface area contributed by atoms with Gasteiger partial charge >= 0.3 is 0 Å². The van der Waals surface area contributed by atoms with E-state index < -0.39 is 23.4 Å². The van der Waals surface area contributed by atoms with Crippen LogP contribution < -0.4 is 15.2 Å². The van der Waals surface area contributed by atoms with Gasteiger partial charge in [-0.3, -0.25) is 0 Å². The van der Waals surface area contributed by atoms with Crippen LogP contribution in [0.3, 0.4) is 0 Å². The second-order valence-corrected chi connectivity index (χ2v) is 6.35. The first-order valence-electron chi connectivity index (χ1n) is 6.85. The van der Waals surface area contributed by atoms with Gasteiger partial charge in [0.25, 0.3) is 0 Å². The minimum Gasteiger partial charge on any atom is -0.611 e. The van der Waals surface area contributed by atoms with Gasteiger partial charge in [-0.1, -0.05) is 13.3 Å². The third-order valence-electron chi connectivity index (χ3n) is 3.21. The summed E-state index contributed by atoms with van der Waals surface area (Å²) in [4.78, 5) is 0.749. The lowest BCUT2D eigenvalue weighted by Gasteiger charge is -2.29. The van der Waals surface area contributed by atoms with Crippen LogP contribution in [0.15, 0.2) is 23.1 Å². The van der Waals surface area contributed by atoms with Crippen LogP contribution in [0.4, 0.5) is 0 Å². The van der Waals surface area contributed by atoms with Crippen LogP contribution in [0.2, 0.25) is 0 Å². The third-order valence-corrected chi connectivity index (χ3v) is 4.65. The molecule has 3 unspecified atom stereocenters. The number of fused-ring (bicyclic) bond motifs is 1. The lowest BCUT2D eigenvalue weighted by Crippen LogP contribution is -2.43. The van der Waals surface area contributed by atoms with Gasteiger partial charge in [0.1, 0.15) is 18.5 Å². The van der Waals surface area contributed by atoms with Gasteiger partial charge in [-0.2, -0.15) is 0 Å². The number of nitrogens with two attached hydrogens (primary N) is 1. The molecule has 0 saturated heterocycles. The maximum atomic E-state index is 12.1. The van der Waals surface area contributed by atoms with Crippen molar-refractivity contribution in [1.29, 1.82) is 0 Å². The molecule has 0 saturated carbocycles. The molecular weight excluding hydrogens is 278 g/mol. The normalized spacial score (nSPS) is 20.5. The first-order chi connectivity index (χ1) is 9.65. The highest BCUT2D eigenvalue weighted by Crippen LogP contribution is 2.34. The van der Waals surface area contributed by atoms with E-state index in [0.29, 0.717) is 17.3 Å². The maximum absolute atomic E-state index is 12.1. The number of ether oxygens (including phenoxy) is 2. The molecule has 1 aromatic carbocycles. The Labute approximate surface area is 122 Å². The lowest BCUT2D eigenvalue weighted by molar-refractivity contribution is -0.00546. The molecule has 0 radical (unpaired) electrons. The van der Waals surface area contributed by atoms with E-state index in [1.807, 2.05) is 0 Å². The van der Waals surface area contributed by atoms with E-state index in [-0.39, 0.29) is 13.2 Å². The Bertz CT molecular complexity index is 443. The lowest BCUT2D eigenvalue weighted by atomic mass is 10.2. The van der Waals surface area contributed by atoms with Crippen molar-refractivity contribution in [3.05, 3.63) is 18.2 Å². The third kappa shape index (κ3) is 3.58. The van der Waals surface area contributed by atoms with Gasteiger partial charge < -0.3 is 24.9 Å². The van der Waals surface area contributed by atoms with E-state index in [0.717, 1.165) is 17.7 Å². The molecule has 6 heteroatoms. The van der Waals surface area contributed by atoms with Crippen molar-refractivity contribution in [3.8, 4) is 11.5 Å². The van der Waals surface area contributed by atoms with Gasteiger partial charge in [-0.15, -0.1) is 0 Å². The molecule has 0 bridgehead atoms. The van der Waals surface area contributed by atoms with Crippen molar-refractivity contribution in [2.45, 2.75) is 36.9 Å². The quantitative estimate of drug-likeness (QED) is 0.767. The Morgan fingerprint density at radius 2 is 2.30 bits per heavy atom. The summed E-state index contributed by atoms with van der Waals surface area (Å²) >= 11 is -1.01. The van der Waals surface area contributed by atoms with Gasteiger partial charge in [-0.25, -0.2) is 0 Å². The Hall–Kier alpha value is -0.950. The van der Waals surface area contributed by atoms with Crippen LogP contribution in [0, 0.1) is 0 Å². The highest BCUT2D eigenvalue weighted by Gasteiger charge is 2.28. The van der Waals surface area contributed by atoms with Crippen molar-refractivity contribution >= 4 is 11.2 Å². The summed E-state index contributed by atoms with van der Waals surface area (Å²) in [6, 6.07) is 5.28. The van der Waals surface area contributed by atoms with Gasteiger partial charge in [0.15, 0.2) is 22.5 Å². The molecule has 1 heterocycles. The van der Waals surface area contributed by atoms with Crippen molar-refractivity contribution in [2.24, 2.45) is 5.73 Å². The Morgan fingerprint density at radius 1 is 1.50 bits per heavy atom. The monoisotopic (exact) mass is 299 g/mol. The summed E-state index contributed by atoms with van der Waals surface area (Å²) in [5.41, 5.74) is 5.41. The van der Waals surface area contributed by atoms with Crippen LogP contribution in [-0.4, -0.2) is 40.8 Å². The summed E-state index contributed by atoms with van der Waals surface area (Å²) in [7, 11) is 0. The van der Waals surface area contributed by atoms with Gasteiger partial charge in [0.2, 0.25) is 0 Å². The van der Waals surface area contributed by atoms with Crippen LogP contribution >= 0.6 is 0 Å². The minimum atomic E-state index is -1.01. The molecule has 3 N–H and O–H groups in total. The number of hydrogen-bond donors (Lipinski definition) is 2. The topological polar surface area (TPSA) is 87.8 Å². The van der Waals surface area contributed by atoms with Gasteiger partial charge in [-0.05, 0) is 29.7 Å². The molecule has 5 nitrogen and oxygen atoms in total. The maximum Gasteiger partial charge on any atom is 0.166 e. The second kappa shape index (κ2) is 7.17. The number of rotatable bonds is 6. The van der Waals surface area contributed by atoms with E-state index in [9.17, 15) is 9.66 Å². The van der Waals surface area contributed by atoms with E-state index in [1.54, 1.807) is 18.2 Å². The Kier molecular flexibility index (Phi) is 5.54. The molecule has 20 heavy (non-hydrogen) atoms. The molecule has 3 atom stereocenters. The zero-order valence-corrected chi connectivity index (χ0v) is 12.4. The number of aliphatic hydroxyl groups is 1. The molecule has 1 aliphatic heterocycles. The molecule has 2 rings (SSSR count). The molecule has 1 aromatic rings. The SMILES string of the molecule is CCCC[S+]([O-])c1ccc2c(c1)OCC(C(O)CN)O2.